The summed E-state index contributed by atoms with van der Waals surface area (Å²) in [5.74, 6) is 0.953. The Morgan fingerprint density at radius 2 is 1.89 bits per heavy atom. The fraction of sp³-hybridized carbons (Fsp3) is 0.333. The molecule has 0 radical (unpaired) electrons. The molecule has 1 unspecified atom stereocenters. The van der Waals surface area contributed by atoms with Crippen LogP contribution in [0.5, 0.6) is 5.75 Å². The summed E-state index contributed by atoms with van der Waals surface area (Å²) in [6.45, 7) is 0. The van der Waals surface area contributed by atoms with Gasteiger partial charge >= 0.3 is 0 Å². The molecule has 98 valence electrons. The molecule has 1 fully saturated rings. The first-order valence-electron chi connectivity index (χ1n) is 6.57. The molecule has 0 bridgehead atoms. The average molecular weight is 255 g/mol. The second kappa shape index (κ2) is 5.36. The molecule has 2 aromatic rings. The molecule has 0 amide bonds. The SMILES string of the molecule is CNC(c1ccc(OC2CC2)cc1)c1ccnnc1. The standard InChI is InChI=1S/C15H17N3O/c1-16-15(12-8-9-17-18-10-12)11-2-4-13(5-3-11)19-14-6-7-14/h2-5,8-10,14-16H,6-7H2,1H3. The summed E-state index contributed by atoms with van der Waals surface area (Å²) < 4.78 is 5.76. The number of nitrogens with one attached hydrogen (secondary N) is 1. The van der Waals surface area contributed by atoms with Gasteiger partial charge in [0, 0.05) is 6.20 Å². The van der Waals surface area contributed by atoms with E-state index in [0.29, 0.717) is 6.10 Å². The Morgan fingerprint density at radius 3 is 2.47 bits per heavy atom. The van der Waals surface area contributed by atoms with Crippen molar-refractivity contribution in [1.29, 1.82) is 0 Å². The third-order valence-corrected chi connectivity index (χ3v) is 3.27. The van der Waals surface area contributed by atoms with E-state index >= 15 is 0 Å². The summed E-state index contributed by atoms with van der Waals surface area (Å²) in [4.78, 5) is 0. The van der Waals surface area contributed by atoms with Crippen LogP contribution in [0.2, 0.25) is 0 Å². The maximum absolute atomic E-state index is 5.76. The van der Waals surface area contributed by atoms with Crippen LogP contribution < -0.4 is 10.1 Å². The third-order valence-electron chi connectivity index (χ3n) is 3.27. The van der Waals surface area contributed by atoms with Crippen LogP contribution in [0.4, 0.5) is 0 Å². The van der Waals surface area contributed by atoms with Crippen molar-refractivity contribution in [2.24, 2.45) is 0 Å². The first-order chi connectivity index (χ1) is 9.36. The number of nitrogens with zero attached hydrogens (tertiary/aromatic N) is 2. The van der Waals surface area contributed by atoms with E-state index in [9.17, 15) is 0 Å². The van der Waals surface area contributed by atoms with Gasteiger partial charge in [-0.25, -0.2) is 0 Å². The number of ether oxygens (including phenoxy) is 1. The maximum atomic E-state index is 5.76. The molecule has 1 aromatic heterocycles. The van der Waals surface area contributed by atoms with Crippen molar-refractivity contribution in [2.45, 2.75) is 25.0 Å². The molecule has 1 aliphatic rings. The van der Waals surface area contributed by atoms with Gasteiger partial charge in [-0.15, -0.1) is 0 Å². The lowest BCUT2D eigenvalue weighted by atomic mass is 10.0. The van der Waals surface area contributed by atoms with Gasteiger partial charge in [0.1, 0.15) is 5.75 Å². The van der Waals surface area contributed by atoms with Crippen LogP contribution >= 0.6 is 0 Å². The lowest BCUT2D eigenvalue weighted by Gasteiger charge is -2.17. The Labute approximate surface area is 112 Å². The Morgan fingerprint density at radius 1 is 1.11 bits per heavy atom. The summed E-state index contributed by atoms with van der Waals surface area (Å²) >= 11 is 0. The highest BCUT2D eigenvalue weighted by molar-refractivity contribution is 5.34. The predicted molar refractivity (Wildman–Crippen MR) is 73.0 cm³/mol. The molecule has 19 heavy (non-hydrogen) atoms. The zero-order valence-electron chi connectivity index (χ0n) is 10.9. The molecule has 1 heterocycles. The fourth-order valence-electron chi connectivity index (χ4n) is 2.11. The molecule has 0 saturated heterocycles. The normalized spacial score (nSPS) is 16.1. The molecular weight excluding hydrogens is 238 g/mol. The van der Waals surface area contributed by atoms with E-state index in [1.807, 2.05) is 25.2 Å². The molecule has 1 atom stereocenters. The predicted octanol–water partition coefficient (Wildman–Crippen LogP) is 2.33. The Kier molecular flexibility index (Phi) is 3.42. The van der Waals surface area contributed by atoms with E-state index in [1.54, 1.807) is 12.4 Å². The molecular formula is C15H17N3O. The molecule has 1 saturated carbocycles. The monoisotopic (exact) mass is 255 g/mol. The van der Waals surface area contributed by atoms with Crippen molar-refractivity contribution in [2.75, 3.05) is 7.05 Å². The van der Waals surface area contributed by atoms with E-state index in [-0.39, 0.29) is 6.04 Å². The fourth-order valence-corrected chi connectivity index (χ4v) is 2.11. The van der Waals surface area contributed by atoms with Gasteiger partial charge < -0.3 is 10.1 Å². The van der Waals surface area contributed by atoms with Gasteiger partial charge in [-0.3, -0.25) is 0 Å². The first kappa shape index (κ1) is 12.1. The van der Waals surface area contributed by atoms with Crippen molar-refractivity contribution in [3.63, 3.8) is 0 Å². The van der Waals surface area contributed by atoms with Gasteiger partial charge in [-0.05, 0) is 49.2 Å². The van der Waals surface area contributed by atoms with E-state index in [2.05, 4.69) is 27.6 Å². The molecule has 0 aliphatic heterocycles. The summed E-state index contributed by atoms with van der Waals surface area (Å²) in [5, 5.41) is 11.0. The molecule has 1 aliphatic carbocycles. The topological polar surface area (TPSA) is 47.0 Å². The lowest BCUT2D eigenvalue weighted by Crippen LogP contribution is -2.17. The van der Waals surface area contributed by atoms with Crippen LogP contribution in [0.3, 0.4) is 0 Å². The van der Waals surface area contributed by atoms with Crippen LogP contribution in [-0.2, 0) is 0 Å². The van der Waals surface area contributed by atoms with E-state index in [4.69, 9.17) is 4.74 Å². The minimum absolute atomic E-state index is 0.130. The van der Waals surface area contributed by atoms with E-state index < -0.39 is 0 Å². The zero-order chi connectivity index (χ0) is 13.1. The summed E-state index contributed by atoms with van der Waals surface area (Å²) in [7, 11) is 1.94. The number of aromatic nitrogens is 2. The van der Waals surface area contributed by atoms with Gasteiger partial charge in [0.15, 0.2) is 0 Å². The van der Waals surface area contributed by atoms with Crippen molar-refractivity contribution in [3.05, 3.63) is 53.9 Å². The van der Waals surface area contributed by atoms with Crippen LogP contribution in [0.25, 0.3) is 0 Å². The quantitative estimate of drug-likeness (QED) is 0.890. The first-order valence-corrected chi connectivity index (χ1v) is 6.57. The molecule has 0 spiro atoms. The minimum atomic E-state index is 0.130. The summed E-state index contributed by atoms with van der Waals surface area (Å²) in [6.07, 6.45) is 6.31. The number of hydrogen-bond donors (Lipinski definition) is 1. The molecule has 1 aromatic carbocycles. The van der Waals surface area contributed by atoms with Gasteiger partial charge in [0.2, 0.25) is 0 Å². The van der Waals surface area contributed by atoms with Gasteiger partial charge in [0.05, 0.1) is 18.3 Å². The second-order valence-corrected chi connectivity index (χ2v) is 4.78. The molecule has 1 N–H and O–H groups in total. The second-order valence-electron chi connectivity index (χ2n) is 4.78. The Balaban J connectivity index is 1.79. The Bertz CT molecular complexity index is 523. The smallest absolute Gasteiger partial charge is 0.119 e. The van der Waals surface area contributed by atoms with Gasteiger partial charge in [-0.2, -0.15) is 10.2 Å². The van der Waals surface area contributed by atoms with Crippen molar-refractivity contribution in [3.8, 4) is 5.75 Å². The van der Waals surface area contributed by atoms with Gasteiger partial charge in [0.25, 0.3) is 0 Å². The number of rotatable bonds is 5. The molecule has 4 heteroatoms. The van der Waals surface area contributed by atoms with Crippen LogP contribution in [0.1, 0.15) is 30.0 Å². The lowest BCUT2D eigenvalue weighted by molar-refractivity contribution is 0.303. The largest absolute Gasteiger partial charge is 0.490 e. The summed E-state index contributed by atoms with van der Waals surface area (Å²) in [5.41, 5.74) is 2.30. The van der Waals surface area contributed by atoms with Crippen LogP contribution in [0, 0.1) is 0 Å². The van der Waals surface area contributed by atoms with E-state index in [1.165, 1.54) is 18.4 Å². The molecule has 4 nitrogen and oxygen atoms in total. The highest BCUT2D eigenvalue weighted by Crippen LogP contribution is 2.28. The van der Waals surface area contributed by atoms with Crippen molar-refractivity contribution >= 4 is 0 Å². The highest BCUT2D eigenvalue weighted by Gasteiger charge is 2.23. The van der Waals surface area contributed by atoms with Crippen LogP contribution in [0.15, 0.2) is 42.7 Å². The van der Waals surface area contributed by atoms with Crippen LogP contribution in [-0.4, -0.2) is 23.3 Å². The number of benzene rings is 1. The van der Waals surface area contributed by atoms with E-state index in [0.717, 1.165) is 11.3 Å². The molecule has 3 rings (SSSR count). The average Bonchev–Trinajstić information content (AvgIpc) is 3.27. The third kappa shape index (κ3) is 2.90. The number of hydrogen-bond acceptors (Lipinski definition) is 4. The van der Waals surface area contributed by atoms with Crippen molar-refractivity contribution in [1.82, 2.24) is 15.5 Å². The van der Waals surface area contributed by atoms with Crippen molar-refractivity contribution < 1.29 is 4.74 Å². The zero-order valence-corrected chi connectivity index (χ0v) is 10.9. The summed E-state index contributed by atoms with van der Waals surface area (Å²) in [6, 6.07) is 10.4. The Hall–Kier alpha value is -1.94. The maximum Gasteiger partial charge on any atom is 0.119 e. The highest BCUT2D eigenvalue weighted by atomic mass is 16.5. The van der Waals surface area contributed by atoms with Gasteiger partial charge in [-0.1, -0.05) is 12.1 Å². The minimum Gasteiger partial charge on any atom is -0.490 e.